The normalized spacial score (nSPS) is 11.5. The topological polar surface area (TPSA) is 109 Å². The van der Waals surface area contributed by atoms with E-state index in [2.05, 4.69) is 20.6 Å². The van der Waals surface area contributed by atoms with Gasteiger partial charge in [-0.05, 0) is 36.8 Å². The molecule has 2 rings (SSSR count). The van der Waals surface area contributed by atoms with Gasteiger partial charge in [0.2, 0.25) is 10.0 Å². The molecule has 0 amide bonds. The van der Waals surface area contributed by atoms with Crippen LogP contribution in [-0.2, 0) is 23.0 Å². The van der Waals surface area contributed by atoms with E-state index in [1.54, 1.807) is 18.3 Å². The summed E-state index contributed by atoms with van der Waals surface area (Å²) in [5.74, 6) is 0.703. The first kappa shape index (κ1) is 22.3. The van der Waals surface area contributed by atoms with Gasteiger partial charge in [0.15, 0.2) is 5.96 Å². The maximum absolute atomic E-state index is 11.3. The number of hydrogen-bond donors (Lipinski definition) is 3. The number of aliphatic imine (C=N–C) groups is 1. The van der Waals surface area contributed by atoms with E-state index in [1.165, 1.54) is 12.1 Å². The van der Waals surface area contributed by atoms with Crippen LogP contribution in [0.5, 0.6) is 0 Å². The maximum Gasteiger partial charge on any atom is 0.238 e. The summed E-state index contributed by atoms with van der Waals surface area (Å²) < 4.78 is 22.5. The number of guanidine groups is 1. The number of nitrogens with zero attached hydrogens (tertiary/aromatic N) is 2. The number of nitrogens with one attached hydrogen (secondary N) is 2. The summed E-state index contributed by atoms with van der Waals surface area (Å²) >= 11 is 0. The molecule has 0 aliphatic heterocycles. The number of rotatable bonds is 7. The second-order valence-corrected chi connectivity index (χ2v) is 6.94. The maximum atomic E-state index is 11.3. The quantitative estimate of drug-likeness (QED) is 0.311. The second-order valence-electron chi connectivity index (χ2n) is 5.38. The van der Waals surface area contributed by atoms with Crippen LogP contribution < -0.4 is 15.8 Å². The van der Waals surface area contributed by atoms with E-state index in [1.807, 2.05) is 25.1 Å². The lowest BCUT2D eigenvalue weighted by atomic mass is 10.2. The minimum absolute atomic E-state index is 0. The summed E-state index contributed by atoms with van der Waals surface area (Å²) in [4.78, 5) is 8.88. The summed E-state index contributed by atoms with van der Waals surface area (Å²) in [6.07, 6.45) is 2.58. The van der Waals surface area contributed by atoms with Gasteiger partial charge in [0.25, 0.3) is 0 Å². The van der Waals surface area contributed by atoms with E-state index in [4.69, 9.17) is 5.14 Å². The molecule has 142 valence electrons. The van der Waals surface area contributed by atoms with Gasteiger partial charge in [0, 0.05) is 31.4 Å². The zero-order valence-corrected chi connectivity index (χ0v) is 17.7. The first-order valence-corrected chi connectivity index (χ1v) is 9.57. The molecule has 9 heteroatoms. The van der Waals surface area contributed by atoms with Crippen LogP contribution in [0.4, 0.5) is 0 Å². The molecule has 0 saturated carbocycles. The van der Waals surface area contributed by atoms with Crippen LogP contribution in [0.1, 0.15) is 18.2 Å². The molecule has 0 bridgehead atoms. The fourth-order valence-electron chi connectivity index (χ4n) is 2.15. The Morgan fingerprint density at radius 2 is 1.88 bits per heavy atom. The van der Waals surface area contributed by atoms with Gasteiger partial charge in [-0.2, -0.15) is 0 Å². The van der Waals surface area contributed by atoms with Crippen molar-refractivity contribution in [3.8, 4) is 0 Å². The smallest absolute Gasteiger partial charge is 0.238 e. The van der Waals surface area contributed by atoms with Gasteiger partial charge in [-0.3, -0.25) is 4.98 Å². The largest absolute Gasteiger partial charge is 0.357 e. The minimum atomic E-state index is -3.66. The van der Waals surface area contributed by atoms with Crippen LogP contribution in [-0.4, -0.2) is 32.5 Å². The molecule has 1 aromatic carbocycles. The highest BCUT2D eigenvalue weighted by Gasteiger charge is 2.06. The van der Waals surface area contributed by atoms with Gasteiger partial charge in [0.05, 0.1) is 11.4 Å². The van der Waals surface area contributed by atoms with Crippen molar-refractivity contribution in [3.05, 3.63) is 59.9 Å². The highest BCUT2D eigenvalue weighted by atomic mass is 127. The lowest BCUT2D eigenvalue weighted by Gasteiger charge is -2.11. The number of benzene rings is 1. The fraction of sp³-hybridized carbons (Fsp3) is 0.294. The van der Waals surface area contributed by atoms with Crippen LogP contribution in [0.2, 0.25) is 0 Å². The Balaban J connectivity index is 0.00000338. The van der Waals surface area contributed by atoms with Gasteiger partial charge >= 0.3 is 0 Å². The fourth-order valence-corrected chi connectivity index (χ4v) is 2.67. The van der Waals surface area contributed by atoms with E-state index in [0.717, 1.165) is 24.2 Å². The molecule has 0 spiro atoms. The van der Waals surface area contributed by atoms with Crippen LogP contribution >= 0.6 is 24.0 Å². The van der Waals surface area contributed by atoms with E-state index >= 15 is 0 Å². The van der Waals surface area contributed by atoms with Crippen LogP contribution in [0.3, 0.4) is 0 Å². The third-order valence-electron chi connectivity index (χ3n) is 3.42. The standard InChI is InChI=1S/C17H23N5O2S.HI/c1-2-19-17(21-12-10-15-5-3-4-11-20-15)22-13-14-6-8-16(9-7-14)25(18,23)24;/h3-9,11H,2,10,12-13H2,1H3,(H2,18,23,24)(H2,19,21,22);1H. The lowest BCUT2D eigenvalue weighted by molar-refractivity contribution is 0.598. The Morgan fingerprint density at radius 3 is 2.46 bits per heavy atom. The molecule has 7 nitrogen and oxygen atoms in total. The molecule has 1 heterocycles. The van der Waals surface area contributed by atoms with Gasteiger partial charge < -0.3 is 10.6 Å². The van der Waals surface area contributed by atoms with Crippen molar-refractivity contribution >= 4 is 40.0 Å². The summed E-state index contributed by atoms with van der Waals surface area (Å²) in [6.45, 7) is 3.90. The van der Waals surface area contributed by atoms with Gasteiger partial charge in [-0.25, -0.2) is 18.5 Å². The highest BCUT2D eigenvalue weighted by Crippen LogP contribution is 2.09. The third kappa shape index (κ3) is 7.67. The van der Waals surface area contributed by atoms with Gasteiger partial charge in [-0.1, -0.05) is 18.2 Å². The van der Waals surface area contributed by atoms with Crippen molar-refractivity contribution in [1.82, 2.24) is 15.6 Å². The molecule has 26 heavy (non-hydrogen) atoms. The second kappa shape index (κ2) is 11.1. The number of halogens is 1. The Labute approximate surface area is 171 Å². The van der Waals surface area contributed by atoms with Crippen molar-refractivity contribution < 1.29 is 8.42 Å². The number of primary sulfonamides is 1. The predicted octanol–water partition coefficient (Wildman–Crippen LogP) is 1.64. The van der Waals surface area contributed by atoms with Crippen LogP contribution in [0, 0.1) is 0 Å². The molecule has 0 atom stereocenters. The summed E-state index contributed by atoms with van der Waals surface area (Å²) in [5, 5.41) is 11.5. The minimum Gasteiger partial charge on any atom is -0.357 e. The number of sulfonamides is 1. The SMILES string of the molecule is CCNC(=NCc1ccc(S(N)(=O)=O)cc1)NCCc1ccccn1.I. The zero-order valence-electron chi connectivity index (χ0n) is 14.6. The lowest BCUT2D eigenvalue weighted by Crippen LogP contribution is -2.38. The van der Waals surface area contributed by atoms with E-state index in [9.17, 15) is 8.42 Å². The first-order chi connectivity index (χ1) is 12.0. The number of hydrogen-bond acceptors (Lipinski definition) is 4. The zero-order chi connectivity index (χ0) is 18.1. The molecule has 2 aromatic rings. The molecule has 4 N–H and O–H groups in total. The molecule has 0 aliphatic rings. The Hall–Kier alpha value is -1.72. The number of pyridine rings is 1. The van der Waals surface area contributed by atoms with Crippen molar-refractivity contribution in [2.45, 2.75) is 24.8 Å². The monoisotopic (exact) mass is 489 g/mol. The Bertz CT molecular complexity index is 796. The molecule has 0 radical (unpaired) electrons. The third-order valence-corrected chi connectivity index (χ3v) is 4.34. The van der Waals surface area contributed by atoms with Gasteiger partial charge in [0.1, 0.15) is 0 Å². The molecular weight excluding hydrogens is 465 g/mol. The van der Waals surface area contributed by atoms with Gasteiger partial charge in [-0.15, -0.1) is 24.0 Å². The number of nitrogens with two attached hydrogens (primary N) is 1. The summed E-state index contributed by atoms with van der Waals surface area (Å²) in [5.41, 5.74) is 1.92. The van der Waals surface area contributed by atoms with E-state index in [0.29, 0.717) is 19.0 Å². The average Bonchev–Trinajstić information content (AvgIpc) is 2.60. The van der Waals surface area contributed by atoms with Crippen LogP contribution in [0.25, 0.3) is 0 Å². The van der Waals surface area contributed by atoms with Crippen molar-refractivity contribution in [3.63, 3.8) is 0 Å². The summed E-state index contributed by atoms with van der Waals surface area (Å²) in [6, 6.07) is 12.2. The van der Waals surface area contributed by atoms with Crippen LogP contribution in [0.15, 0.2) is 58.5 Å². The molecule has 1 aromatic heterocycles. The number of aromatic nitrogens is 1. The molecule has 0 unspecified atom stereocenters. The average molecular weight is 489 g/mol. The van der Waals surface area contributed by atoms with Crippen molar-refractivity contribution in [2.75, 3.05) is 13.1 Å². The Morgan fingerprint density at radius 1 is 1.15 bits per heavy atom. The molecule has 0 aliphatic carbocycles. The van der Waals surface area contributed by atoms with Crippen molar-refractivity contribution in [2.24, 2.45) is 10.1 Å². The van der Waals surface area contributed by atoms with E-state index < -0.39 is 10.0 Å². The van der Waals surface area contributed by atoms with E-state index in [-0.39, 0.29) is 28.9 Å². The first-order valence-electron chi connectivity index (χ1n) is 8.03. The Kier molecular flexibility index (Phi) is 9.52. The molecule has 0 saturated heterocycles. The molecular formula is C17H24IN5O2S. The highest BCUT2D eigenvalue weighted by molar-refractivity contribution is 14.0. The van der Waals surface area contributed by atoms with Crippen molar-refractivity contribution in [1.29, 1.82) is 0 Å². The summed E-state index contributed by atoms with van der Waals surface area (Å²) in [7, 11) is -3.66. The molecule has 0 fully saturated rings. The predicted molar refractivity (Wildman–Crippen MR) is 114 cm³/mol.